The molecule has 3 atom stereocenters. The second kappa shape index (κ2) is 9.60. The number of aromatic nitrogens is 3. The second-order valence-corrected chi connectivity index (χ2v) is 10.2. The summed E-state index contributed by atoms with van der Waals surface area (Å²) < 4.78 is 57.2. The molecule has 1 saturated heterocycles. The fourth-order valence-corrected chi connectivity index (χ4v) is 5.58. The number of aliphatic imine (C=N–C) groups is 1. The van der Waals surface area contributed by atoms with E-state index in [1.807, 2.05) is 0 Å². The summed E-state index contributed by atoms with van der Waals surface area (Å²) in [6.07, 6.45) is 2.87. The first-order valence-electron chi connectivity index (χ1n) is 11.3. The van der Waals surface area contributed by atoms with Gasteiger partial charge in [0, 0.05) is 59.4 Å². The molecule has 2 aliphatic rings. The maximum Gasteiger partial charge on any atom is 0.333 e. The van der Waals surface area contributed by atoms with Crippen LogP contribution >= 0.6 is 22.9 Å². The zero-order valence-corrected chi connectivity index (χ0v) is 20.7. The number of fused-ring (bicyclic) bond motifs is 1. The van der Waals surface area contributed by atoms with E-state index in [1.165, 1.54) is 41.8 Å². The molecule has 5 rings (SSSR count). The van der Waals surface area contributed by atoms with Gasteiger partial charge in [-0.25, -0.2) is 18.4 Å². The van der Waals surface area contributed by atoms with Crippen molar-refractivity contribution in [2.24, 2.45) is 10.9 Å². The van der Waals surface area contributed by atoms with Crippen LogP contribution in [0.5, 0.6) is 0 Å². The Morgan fingerprint density at radius 1 is 1.31 bits per heavy atom. The van der Waals surface area contributed by atoms with Gasteiger partial charge in [-0.15, -0.1) is 11.3 Å². The van der Waals surface area contributed by atoms with E-state index < -0.39 is 30.0 Å². The van der Waals surface area contributed by atoms with Crippen LogP contribution in [-0.4, -0.2) is 49.4 Å². The van der Waals surface area contributed by atoms with Gasteiger partial charge in [-0.1, -0.05) is 24.6 Å². The van der Waals surface area contributed by atoms with Crippen LogP contribution in [0.25, 0.3) is 5.57 Å². The smallest absolute Gasteiger partial charge is 0.333 e. The Hall–Kier alpha value is -2.76. The van der Waals surface area contributed by atoms with Crippen LogP contribution in [0.4, 0.5) is 17.6 Å². The molecule has 12 heteroatoms. The molecule has 6 nitrogen and oxygen atoms in total. The summed E-state index contributed by atoms with van der Waals surface area (Å²) in [5.74, 6) is -0.786. The van der Waals surface area contributed by atoms with E-state index in [9.17, 15) is 18.3 Å². The highest BCUT2D eigenvalue weighted by atomic mass is 35.5. The first-order chi connectivity index (χ1) is 17.2. The van der Waals surface area contributed by atoms with Crippen LogP contribution in [0.1, 0.15) is 48.6 Å². The highest BCUT2D eigenvalue weighted by Crippen LogP contribution is 2.47. The number of aliphatic hydroxyl groups is 1. The predicted molar refractivity (Wildman–Crippen MR) is 129 cm³/mol. The van der Waals surface area contributed by atoms with Crippen molar-refractivity contribution in [3.8, 4) is 0 Å². The molecular formula is C24H22ClF4N5OS. The van der Waals surface area contributed by atoms with Crippen LogP contribution in [0.3, 0.4) is 0 Å². The van der Waals surface area contributed by atoms with E-state index in [2.05, 4.69) is 10.1 Å². The van der Waals surface area contributed by atoms with Crippen LogP contribution in [0.15, 0.2) is 52.7 Å². The molecule has 1 aromatic carbocycles. The molecule has 4 heterocycles. The number of aliphatic hydroxyl groups excluding tert-OH is 1. The molecule has 0 saturated carbocycles. The number of hydrogen-bond donors (Lipinski definition) is 1. The van der Waals surface area contributed by atoms with Gasteiger partial charge < -0.3 is 10.0 Å². The summed E-state index contributed by atoms with van der Waals surface area (Å²) in [6.45, 7) is -1.68. The van der Waals surface area contributed by atoms with Gasteiger partial charge >= 0.3 is 6.55 Å². The number of nitrogens with zero attached hydrogens (tertiary/aromatic N) is 5. The van der Waals surface area contributed by atoms with Crippen LogP contribution in [0, 0.1) is 11.7 Å². The fourth-order valence-electron chi connectivity index (χ4n) is 4.64. The van der Waals surface area contributed by atoms with Crippen molar-refractivity contribution in [1.82, 2.24) is 19.7 Å². The van der Waals surface area contributed by atoms with E-state index in [4.69, 9.17) is 16.6 Å². The normalized spacial score (nSPS) is 23.2. The monoisotopic (exact) mass is 539 g/mol. The van der Waals surface area contributed by atoms with Crippen molar-refractivity contribution >= 4 is 34.3 Å². The second-order valence-electron chi connectivity index (χ2n) is 8.94. The van der Waals surface area contributed by atoms with Gasteiger partial charge in [-0.2, -0.15) is 13.9 Å². The fraction of sp³-hybridized carbons (Fsp3) is 0.375. The number of halogens is 5. The molecule has 2 aliphatic heterocycles. The number of thiazole rings is 1. The first kappa shape index (κ1) is 24.9. The summed E-state index contributed by atoms with van der Waals surface area (Å²) in [7, 11) is 0. The maximum absolute atomic E-state index is 16.2. The number of amidine groups is 1. The lowest BCUT2D eigenvalue weighted by atomic mass is 9.88. The average Bonchev–Trinajstić information content (AvgIpc) is 3.59. The molecule has 0 spiro atoms. The zero-order valence-electron chi connectivity index (χ0n) is 19.1. The van der Waals surface area contributed by atoms with Gasteiger partial charge in [0.25, 0.3) is 0 Å². The third-order valence-electron chi connectivity index (χ3n) is 6.71. The van der Waals surface area contributed by atoms with Crippen molar-refractivity contribution in [3.63, 3.8) is 0 Å². The van der Waals surface area contributed by atoms with E-state index in [1.54, 1.807) is 23.4 Å². The zero-order chi connectivity index (χ0) is 25.6. The van der Waals surface area contributed by atoms with E-state index in [0.29, 0.717) is 32.4 Å². The average molecular weight is 540 g/mol. The Morgan fingerprint density at radius 3 is 2.75 bits per heavy atom. The van der Waals surface area contributed by atoms with Gasteiger partial charge in [0.15, 0.2) is 10.8 Å². The van der Waals surface area contributed by atoms with Crippen molar-refractivity contribution in [3.05, 3.63) is 74.8 Å². The van der Waals surface area contributed by atoms with E-state index >= 15 is 4.39 Å². The van der Waals surface area contributed by atoms with Gasteiger partial charge in [0.1, 0.15) is 11.5 Å². The molecular weight excluding hydrogens is 518 g/mol. The Kier molecular flexibility index (Phi) is 6.65. The lowest BCUT2D eigenvalue weighted by Gasteiger charge is -2.26. The van der Waals surface area contributed by atoms with Gasteiger partial charge in [-0.3, -0.25) is 4.99 Å². The molecule has 0 amide bonds. The SMILES string of the molecule is CC(CO)[C@@]1(F)CC2=C(c3ccn(C(F)F)n3)C[C@H](c3ccc(F)cc3Cl)N=C(c3nccs3)N2C1. The van der Waals surface area contributed by atoms with Gasteiger partial charge in [0.05, 0.1) is 18.3 Å². The molecule has 1 N–H and O–H groups in total. The largest absolute Gasteiger partial charge is 0.396 e. The standard InChI is InChI=1S/C24H22ClF4N5OS/c1-13(11-35)24(29)10-20-16(18-4-6-34(32-18)23(27)28)9-19(15-3-2-14(26)8-17(15)25)31-21(33(20)12-24)22-30-5-7-36-22/h2-8,13,19,23,35H,9-12H2,1H3/t13?,19-,24-/m1/s1. The number of allylic oxidation sites excluding steroid dienone is 1. The van der Waals surface area contributed by atoms with Crippen molar-refractivity contribution < 1.29 is 22.7 Å². The molecule has 1 fully saturated rings. The third-order valence-corrected chi connectivity index (χ3v) is 7.80. The van der Waals surface area contributed by atoms with Crippen molar-refractivity contribution in [2.75, 3.05) is 13.2 Å². The molecule has 0 radical (unpaired) electrons. The number of rotatable bonds is 6. The van der Waals surface area contributed by atoms with E-state index in [0.717, 1.165) is 0 Å². The molecule has 2 aromatic heterocycles. The Balaban J connectivity index is 1.72. The maximum atomic E-state index is 16.2. The predicted octanol–water partition coefficient (Wildman–Crippen LogP) is 5.87. The number of benzene rings is 1. The van der Waals surface area contributed by atoms with Crippen LogP contribution < -0.4 is 0 Å². The minimum atomic E-state index is -2.84. The van der Waals surface area contributed by atoms with Gasteiger partial charge in [-0.05, 0) is 23.8 Å². The van der Waals surface area contributed by atoms with Crippen LogP contribution in [-0.2, 0) is 0 Å². The van der Waals surface area contributed by atoms with Crippen LogP contribution in [0.2, 0.25) is 5.02 Å². The van der Waals surface area contributed by atoms with Crippen molar-refractivity contribution in [2.45, 2.75) is 38.0 Å². The Morgan fingerprint density at radius 2 is 2.11 bits per heavy atom. The molecule has 3 aromatic rings. The summed E-state index contributed by atoms with van der Waals surface area (Å²) >= 11 is 7.72. The van der Waals surface area contributed by atoms with Gasteiger partial charge in [0.2, 0.25) is 0 Å². The third kappa shape index (κ3) is 4.44. The highest BCUT2D eigenvalue weighted by molar-refractivity contribution is 7.11. The summed E-state index contributed by atoms with van der Waals surface area (Å²) in [4.78, 5) is 11.0. The lowest BCUT2D eigenvalue weighted by Crippen LogP contribution is -2.39. The minimum absolute atomic E-state index is 0.0696. The van der Waals surface area contributed by atoms with Crippen molar-refractivity contribution in [1.29, 1.82) is 0 Å². The molecule has 190 valence electrons. The molecule has 0 bridgehead atoms. The van der Waals surface area contributed by atoms with E-state index in [-0.39, 0.29) is 36.7 Å². The number of alkyl halides is 3. The summed E-state index contributed by atoms with van der Waals surface area (Å²) in [5.41, 5.74) is 0.0654. The Bertz CT molecular complexity index is 1330. The number of hydrogen-bond acceptors (Lipinski definition) is 6. The molecule has 36 heavy (non-hydrogen) atoms. The summed E-state index contributed by atoms with van der Waals surface area (Å²) in [6, 6.07) is 4.83. The summed E-state index contributed by atoms with van der Waals surface area (Å²) in [5, 5.41) is 16.3. The Labute approximate surface area is 213 Å². The quantitative estimate of drug-likeness (QED) is 0.398. The lowest BCUT2D eigenvalue weighted by molar-refractivity contribution is 0.0564. The first-order valence-corrected chi connectivity index (χ1v) is 12.5. The highest BCUT2D eigenvalue weighted by Gasteiger charge is 2.49. The topological polar surface area (TPSA) is 66.5 Å². The molecule has 1 unspecified atom stereocenters. The molecule has 0 aliphatic carbocycles. The minimum Gasteiger partial charge on any atom is -0.396 e.